The summed E-state index contributed by atoms with van der Waals surface area (Å²) in [7, 11) is 0. The van der Waals surface area contributed by atoms with E-state index in [0.29, 0.717) is 19.1 Å². The van der Waals surface area contributed by atoms with Crippen molar-refractivity contribution in [3.63, 3.8) is 0 Å². The minimum Gasteiger partial charge on any atom is -0.369 e. The molecule has 1 atom stereocenters. The van der Waals surface area contributed by atoms with Crippen molar-refractivity contribution in [3.8, 4) is 0 Å². The highest BCUT2D eigenvalue weighted by Crippen LogP contribution is 2.12. The largest absolute Gasteiger partial charge is 0.369 e. The third-order valence-corrected chi connectivity index (χ3v) is 3.15. The molecule has 0 unspecified atom stereocenters. The SMILES string of the molecule is CC(C)C[C@@H](C)C(=O)COCc1ccc(CN)cc1. The van der Waals surface area contributed by atoms with Crippen molar-refractivity contribution < 1.29 is 9.53 Å². The Morgan fingerprint density at radius 3 is 2.26 bits per heavy atom. The van der Waals surface area contributed by atoms with Gasteiger partial charge in [-0.25, -0.2) is 0 Å². The Balaban J connectivity index is 2.31. The molecule has 106 valence electrons. The molecule has 3 nitrogen and oxygen atoms in total. The minimum absolute atomic E-state index is 0.0830. The van der Waals surface area contributed by atoms with Gasteiger partial charge < -0.3 is 10.5 Å². The number of ketones is 1. The summed E-state index contributed by atoms with van der Waals surface area (Å²) in [6.45, 7) is 7.46. The number of nitrogens with two attached hydrogens (primary N) is 1. The second kappa shape index (κ2) is 8.08. The molecule has 1 aromatic carbocycles. The first kappa shape index (κ1) is 15.9. The van der Waals surface area contributed by atoms with Crippen molar-refractivity contribution in [2.75, 3.05) is 6.61 Å². The molecule has 0 saturated carbocycles. The van der Waals surface area contributed by atoms with Crippen molar-refractivity contribution in [3.05, 3.63) is 35.4 Å². The number of carbonyl (C=O) groups excluding carboxylic acids is 1. The molecule has 0 aromatic heterocycles. The first-order chi connectivity index (χ1) is 9.02. The Hall–Kier alpha value is -1.19. The molecule has 0 aliphatic carbocycles. The predicted molar refractivity (Wildman–Crippen MR) is 77.6 cm³/mol. The predicted octanol–water partition coefficient (Wildman–Crippen LogP) is 2.91. The first-order valence-electron chi connectivity index (χ1n) is 6.91. The van der Waals surface area contributed by atoms with E-state index >= 15 is 0 Å². The van der Waals surface area contributed by atoms with Gasteiger partial charge in [-0.15, -0.1) is 0 Å². The first-order valence-corrected chi connectivity index (χ1v) is 6.91. The maximum Gasteiger partial charge on any atom is 0.161 e. The normalized spacial score (nSPS) is 12.7. The van der Waals surface area contributed by atoms with E-state index in [9.17, 15) is 4.79 Å². The van der Waals surface area contributed by atoms with Gasteiger partial charge in [0, 0.05) is 12.5 Å². The van der Waals surface area contributed by atoms with E-state index in [2.05, 4.69) is 13.8 Å². The van der Waals surface area contributed by atoms with Gasteiger partial charge in [0.2, 0.25) is 0 Å². The highest BCUT2D eigenvalue weighted by Gasteiger charge is 2.14. The van der Waals surface area contributed by atoms with E-state index in [1.54, 1.807) is 0 Å². The topological polar surface area (TPSA) is 52.3 Å². The van der Waals surface area contributed by atoms with E-state index in [-0.39, 0.29) is 18.3 Å². The Morgan fingerprint density at radius 2 is 1.74 bits per heavy atom. The smallest absolute Gasteiger partial charge is 0.161 e. The fraction of sp³-hybridized carbons (Fsp3) is 0.562. The molecule has 2 N–H and O–H groups in total. The van der Waals surface area contributed by atoms with Crippen molar-refractivity contribution in [2.45, 2.75) is 40.3 Å². The fourth-order valence-corrected chi connectivity index (χ4v) is 2.02. The lowest BCUT2D eigenvalue weighted by atomic mass is 9.95. The van der Waals surface area contributed by atoms with Gasteiger partial charge in [-0.05, 0) is 23.5 Å². The molecular formula is C16H25NO2. The summed E-state index contributed by atoms with van der Waals surface area (Å²) in [6.07, 6.45) is 0.924. The zero-order valence-corrected chi connectivity index (χ0v) is 12.2. The molecule has 0 aliphatic rings. The van der Waals surface area contributed by atoms with Gasteiger partial charge in [-0.3, -0.25) is 4.79 Å². The standard InChI is InChI=1S/C16H25NO2/c1-12(2)8-13(3)16(18)11-19-10-15-6-4-14(9-17)5-7-15/h4-7,12-13H,8-11,17H2,1-3H3/t13-/m1/s1. The lowest BCUT2D eigenvalue weighted by Crippen LogP contribution is -2.18. The monoisotopic (exact) mass is 263 g/mol. The number of benzene rings is 1. The molecule has 0 bridgehead atoms. The molecule has 0 saturated heterocycles. The molecule has 3 heteroatoms. The fourth-order valence-electron chi connectivity index (χ4n) is 2.02. The number of hydrogen-bond acceptors (Lipinski definition) is 3. The van der Waals surface area contributed by atoms with Crippen molar-refractivity contribution in [1.29, 1.82) is 0 Å². The summed E-state index contributed by atoms with van der Waals surface area (Å²) in [6, 6.07) is 7.96. The summed E-state index contributed by atoms with van der Waals surface area (Å²) in [4.78, 5) is 11.8. The Labute approximate surface area is 116 Å². The van der Waals surface area contributed by atoms with Gasteiger partial charge in [0.1, 0.15) is 6.61 Å². The Kier molecular flexibility index (Phi) is 6.74. The maximum absolute atomic E-state index is 11.8. The molecule has 0 aliphatic heterocycles. The summed E-state index contributed by atoms with van der Waals surface area (Å²) < 4.78 is 5.48. The van der Waals surface area contributed by atoms with Gasteiger partial charge in [-0.2, -0.15) is 0 Å². The molecule has 1 aromatic rings. The average molecular weight is 263 g/mol. The van der Waals surface area contributed by atoms with Crippen molar-refractivity contribution in [2.24, 2.45) is 17.6 Å². The van der Waals surface area contributed by atoms with Crippen LogP contribution in [0.5, 0.6) is 0 Å². The molecule has 1 rings (SSSR count). The number of hydrogen-bond donors (Lipinski definition) is 1. The van der Waals surface area contributed by atoms with Crippen molar-refractivity contribution >= 4 is 5.78 Å². The summed E-state index contributed by atoms with van der Waals surface area (Å²) in [5, 5.41) is 0. The number of rotatable bonds is 8. The molecular weight excluding hydrogens is 238 g/mol. The van der Waals surface area contributed by atoms with E-state index in [1.165, 1.54) is 0 Å². The van der Waals surface area contributed by atoms with Crippen LogP contribution in [0, 0.1) is 11.8 Å². The number of Topliss-reactive ketones (excluding diaryl/α,β-unsaturated/α-hetero) is 1. The van der Waals surface area contributed by atoms with Gasteiger partial charge in [0.15, 0.2) is 5.78 Å². The molecule has 0 amide bonds. The summed E-state index contributed by atoms with van der Waals surface area (Å²) in [5.74, 6) is 0.814. The van der Waals surface area contributed by atoms with Gasteiger partial charge in [-0.1, -0.05) is 45.0 Å². The van der Waals surface area contributed by atoms with Crippen LogP contribution in [0.2, 0.25) is 0 Å². The van der Waals surface area contributed by atoms with Gasteiger partial charge in [0.25, 0.3) is 0 Å². The van der Waals surface area contributed by atoms with Crippen LogP contribution in [-0.2, 0) is 22.7 Å². The van der Waals surface area contributed by atoms with Crippen LogP contribution in [0.1, 0.15) is 38.3 Å². The quantitative estimate of drug-likeness (QED) is 0.784. The average Bonchev–Trinajstić information content (AvgIpc) is 2.38. The molecule has 0 heterocycles. The lowest BCUT2D eigenvalue weighted by Gasteiger charge is -2.13. The highest BCUT2D eigenvalue weighted by molar-refractivity contribution is 5.81. The summed E-state index contributed by atoms with van der Waals surface area (Å²) in [5.41, 5.74) is 7.71. The third-order valence-electron chi connectivity index (χ3n) is 3.15. The minimum atomic E-state index is 0.0830. The van der Waals surface area contributed by atoms with Crippen LogP contribution in [-0.4, -0.2) is 12.4 Å². The third kappa shape index (κ3) is 5.99. The second-order valence-electron chi connectivity index (χ2n) is 5.51. The zero-order chi connectivity index (χ0) is 14.3. The molecule has 0 fully saturated rings. The molecule has 0 radical (unpaired) electrons. The number of carbonyl (C=O) groups is 1. The van der Waals surface area contributed by atoms with E-state index in [4.69, 9.17) is 10.5 Å². The van der Waals surface area contributed by atoms with Crippen LogP contribution < -0.4 is 5.73 Å². The Bertz CT molecular complexity index is 384. The molecule has 0 spiro atoms. The van der Waals surface area contributed by atoms with Crippen LogP contribution in [0.3, 0.4) is 0 Å². The second-order valence-corrected chi connectivity index (χ2v) is 5.51. The van der Waals surface area contributed by atoms with E-state index in [1.807, 2.05) is 31.2 Å². The number of ether oxygens (including phenoxy) is 1. The van der Waals surface area contributed by atoms with Crippen LogP contribution in [0.15, 0.2) is 24.3 Å². The molecule has 19 heavy (non-hydrogen) atoms. The Morgan fingerprint density at radius 1 is 1.16 bits per heavy atom. The van der Waals surface area contributed by atoms with Crippen LogP contribution >= 0.6 is 0 Å². The zero-order valence-electron chi connectivity index (χ0n) is 12.2. The van der Waals surface area contributed by atoms with E-state index < -0.39 is 0 Å². The van der Waals surface area contributed by atoms with Gasteiger partial charge in [0.05, 0.1) is 6.61 Å². The maximum atomic E-state index is 11.8. The summed E-state index contributed by atoms with van der Waals surface area (Å²) >= 11 is 0. The van der Waals surface area contributed by atoms with Crippen LogP contribution in [0.4, 0.5) is 0 Å². The van der Waals surface area contributed by atoms with Crippen LogP contribution in [0.25, 0.3) is 0 Å². The lowest BCUT2D eigenvalue weighted by molar-refractivity contribution is -0.127. The highest BCUT2D eigenvalue weighted by atomic mass is 16.5. The van der Waals surface area contributed by atoms with Gasteiger partial charge >= 0.3 is 0 Å². The van der Waals surface area contributed by atoms with Crippen molar-refractivity contribution in [1.82, 2.24) is 0 Å². The van der Waals surface area contributed by atoms with E-state index in [0.717, 1.165) is 17.5 Å².